The van der Waals surface area contributed by atoms with E-state index in [4.69, 9.17) is 16.3 Å². The summed E-state index contributed by atoms with van der Waals surface area (Å²) in [6.07, 6.45) is 3.36. The number of thiophene rings is 1. The van der Waals surface area contributed by atoms with E-state index in [1.165, 1.54) is 17.4 Å². The number of phenols is 1. The Morgan fingerprint density at radius 2 is 2.26 bits per heavy atom. The lowest BCUT2D eigenvalue weighted by Gasteiger charge is -2.09. The van der Waals surface area contributed by atoms with Gasteiger partial charge in [-0.25, -0.2) is 4.79 Å². The van der Waals surface area contributed by atoms with Crippen molar-refractivity contribution in [1.29, 1.82) is 0 Å². The number of aromatic nitrogens is 1. The van der Waals surface area contributed by atoms with Crippen LogP contribution < -0.4 is 5.32 Å². The lowest BCUT2D eigenvalue weighted by Crippen LogP contribution is -2.05. The molecule has 1 aromatic carbocycles. The number of hydrogen-bond donors (Lipinski definition) is 2. The average molecular weight is 349 g/mol. The van der Waals surface area contributed by atoms with Crippen LogP contribution in [0, 0.1) is 0 Å². The van der Waals surface area contributed by atoms with Crippen molar-refractivity contribution >= 4 is 50.4 Å². The van der Waals surface area contributed by atoms with Crippen molar-refractivity contribution in [2.75, 3.05) is 11.9 Å². The Labute approximate surface area is 141 Å². The van der Waals surface area contributed by atoms with Gasteiger partial charge in [-0.1, -0.05) is 11.6 Å². The number of halogens is 1. The van der Waals surface area contributed by atoms with Gasteiger partial charge >= 0.3 is 5.97 Å². The quantitative estimate of drug-likeness (QED) is 0.675. The molecule has 0 aliphatic heterocycles. The van der Waals surface area contributed by atoms with Crippen molar-refractivity contribution in [3.05, 3.63) is 46.6 Å². The highest BCUT2D eigenvalue weighted by molar-refractivity contribution is 7.21. The molecule has 0 saturated carbocycles. The third-order valence-electron chi connectivity index (χ3n) is 3.17. The van der Waals surface area contributed by atoms with E-state index in [1.54, 1.807) is 31.5 Å². The summed E-state index contributed by atoms with van der Waals surface area (Å²) in [6.45, 7) is 2.06. The highest BCUT2D eigenvalue weighted by Crippen LogP contribution is 2.38. The smallest absolute Gasteiger partial charge is 0.350 e. The van der Waals surface area contributed by atoms with Crippen molar-refractivity contribution in [2.45, 2.75) is 6.92 Å². The van der Waals surface area contributed by atoms with Gasteiger partial charge in [-0.15, -0.1) is 11.3 Å². The highest BCUT2D eigenvalue weighted by atomic mass is 35.5. The molecule has 0 saturated heterocycles. The van der Waals surface area contributed by atoms with E-state index in [-0.39, 0.29) is 10.8 Å². The Morgan fingerprint density at radius 3 is 3.00 bits per heavy atom. The topological polar surface area (TPSA) is 71.5 Å². The summed E-state index contributed by atoms with van der Waals surface area (Å²) >= 11 is 7.13. The minimum Gasteiger partial charge on any atom is -0.506 e. The average Bonchev–Trinajstić information content (AvgIpc) is 2.90. The van der Waals surface area contributed by atoms with Gasteiger partial charge in [-0.2, -0.15) is 0 Å². The Morgan fingerprint density at radius 1 is 1.43 bits per heavy atom. The van der Waals surface area contributed by atoms with Crippen LogP contribution in [0.25, 0.3) is 10.1 Å². The molecule has 0 bridgehead atoms. The van der Waals surface area contributed by atoms with E-state index in [9.17, 15) is 9.90 Å². The fourth-order valence-electron chi connectivity index (χ4n) is 2.15. The summed E-state index contributed by atoms with van der Waals surface area (Å²) in [7, 11) is 0. The van der Waals surface area contributed by atoms with Gasteiger partial charge in [-0.05, 0) is 25.1 Å². The SMILES string of the molecule is CCOC(=O)c1sc2cnccc2c1Nc1ccc(Cl)c(O)c1. The number of hydrogen-bond acceptors (Lipinski definition) is 6. The van der Waals surface area contributed by atoms with Crippen molar-refractivity contribution in [2.24, 2.45) is 0 Å². The van der Waals surface area contributed by atoms with Gasteiger partial charge in [0.1, 0.15) is 10.6 Å². The van der Waals surface area contributed by atoms with E-state index >= 15 is 0 Å². The molecule has 2 heterocycles. The zero-order valence-electron chi connectivity index (χ0n) is 12.2. The number of phenolic OH excluding ortho intramolecular Hbond substituents is 1. The number of anilines is 2. The van der Waals surface area contributed by atoms with Crippen LogP contribution in [0.1, 0.15) is 16.6 Å². The lowest BCUT2D eigenvalue weighted by atomic mass is 10.2. The van der Waals surface area contributed by atoms with Gasteiger partial charge in [0.05, 0.1) is 22.0 Å². The predicted molar refractivity (Wildman–Crippen MR) is 92.0 cm³/mol. The van der Waals surface area contributed by atoms with Crippen LogP contribution >= 0.6 is 22.9 Å². The summed E-state index contributed by atoms with van der Waals surface area (Å²) in [5, 5.41) is 14.0. The van der Waals surface area contributed by atoms with Gasteiger partial charge in [0, 0.05) is 29.5 Å². The standard InChI is InChI=1S/C16H13ClN2O3S/c1-2-22-16(21)15-14(10-5-6-18-8-13(10)23-15)19-9-3-4-11(17)12(20)7-9/h3-8,19-20H,2H2,1H3. The fraction of sp³-hybridized carbons (Fsp3) is 0.125. The van der Waals surface area contributed by atoms with E-state index < -0.39 is 5.97 Å². The molecule has 0 aliphatic carbocycles. The first kappa shape index (κ1) is 15.6. The number of ether oxygens (including phenoxy) is 1. The number of benzene rings is 1. The number of pyridine rings is 1. The van der Waals surface area contributed by atoms with Crippen molar-refractivity contribution in [1.82, 2.24) is 4.98 Å². The lowest BCUT2D eigenvalue weighted by molar-refractivity contribution is 0.0533. The second-order valence-corrected chi connectivity index (χ2v) is 6.15. The van der Waals surface area contributed by atoms with Crippen LogP contribution in [0.5, 0.6) is 5.75 Å². The van der Waals surface area contributed by atoms with Gasteiger partial charge < -0.3 is 15.2 Å². The van der Waals surface area contributed by atoms with E-state index in [0.29, 0.717) is 22.9 Å². The van der Waals surface area contributed by atoms with E-state index in [2.05, 4.69) is 10.3 Å². The first-order valence-electron chi connectivity index (χ1n) is 6.89. The number of nitrogens with one attached hydrogen (secondary N) is 1. The van der Waals surface area contributed by atoms with Crippen LogP contribution in [0.3, 0.4) is 0 Å². The summed E-state index contributed by atoms with van der Waals surface area (Å²) in [5.41, 5.74) is 1.25. The van der Waals surface area contributed by atoms with Crippen LogP contribution in [0.2, 0.25) is 5.02 Å². The molecule has 0 amide bonds. The van der Waals surface area contributed by atoms with Crippen LogP contribution in [0.15, 0.2) is 36.7 Å². The van der Waals surface area contributed by atoms with Crippen LogP contribution in [-0.2, 0) is 4.74 Å². The molecule has 0 radical (unpaired) electrons. The molecule has 0 fully saturated rings. The van der Waals surface area contributed by atoms with Crippen LogP contribution in [-0.4, -0.2) is 22.7 Å². The Hall–Kier alpha value is -2.31. The molecule has 0 atom stereocenters. The first-order chi connectivity index (χ1) is 11.1. The van der Waals surface area contributed by atoms with Crippen molar-refractivity contribution < 1.29 is 14.6 Å². The van der Waals surface area contributed by atoms with Gasteiger partial charge in [0.2, 0.25) is 0 Å². The summed E-state index contributed by atoms with van der Waals surface area (Å²) in [4.78, 5) is 16.7. The number of carbonyl (C=O) groups is 1. The third kappa shape index (κ3) is 3.09. The first-order valence-corrected chi connectivity index (χ1v) is 8.08. The molecular weight excluding hydrogens is 336 g/mol. The molecule has 3 rings (SSSR count). The predicted octanol–water partition coefficient (Wildman–Crippen LogP) is 4.58. The number of fused-ring (bicyclic) bond motifs is 1. The molecule has 0 unspecified atom stereocenters. The number of carbonyl (C=O) groups excluding carboxylic acids is 1. The Bertz CT molecular complexity index is 879. The third-order valence-corrected chi connectivity index (χ3v) is 4.61. The normalized spacial score (nSPS) is 10.7. The maximum Gasteiger partial charge on any atom is 0.350 e. The number of nitrogens with zero attached hydrogens (tertiary/aromatic N) is 1. The monoisotopic (exact) mass is 348 g/mol. The number of rotatable bonds is 4. The van der Waals surface area contributed by atoms with E-state index in [1.807, 2.05) is 6.07 Å². The van der Waals surface area contributed by atoms with Gasteiger partial charge in [0.15, 0.2) is 0 Å². The second-order valence-electron chi connectivity index (χ2n) is 4.69. The van der Waals surface area contributed by atoms with Crippen molar-refractivity contribution in [3.63, 3.8) is 0 Å². The van der Waals surface area contributed by atoms with E-state index in [0.717, 1.165) is 10.1 Å². The molecule has 5 nitrogen and oxygen atoms in total. The zero-order valence-corrected chi connectivity index (χ0v) is 13.7. The Kier molecular flexibility index (Phi) is 4.36. The molecule has 0 aliphatic rings. The molecular formula is C16H13ClN2O3S. The molecule has 0 spiro atoms. The summed E-state index contributed by atoms with van der Waals surface area (Å²) in [5.74, 6) is -0.426. The van der Waals surface area contributed by atoms with Gasteiger partial charge in [0.25, 0.3) is 0 Å². The molecule has 2 aromatic heterocycles. The maximum atomic E-state index is 12.2. The van der Waals surface area contributed by atoms with Crippen molar-refractivity contribution in [3.8, 4) is 5.75 Å². The zero-order chi connectivity index (χ0) is 16.4. The number of esters is 1. The second kappa shape index (κ2) is 6.44. The minimum absolute atomic E-state index is 0.0319. The molecule has 3 aromatic rings. The van der Waals surface area contributed by atoms with Crippen LogP contribution in [0.4, 0.5) is 11.4 Å². The largest absolute Gasteiger partial charge is 0.506 e. The number of aromatic hydroxyl groups is 1. The van der Waals surface area contributed by atoms with Gasteiger partial charge in [-0.3, -0.25) is 4.98 Å². The molecule has 118 valence electrons. The Balaban J connectivity index is 2.08. The maximum absolute atomic E-state index is 12.2. The highest BCUT2D eigenvalue weighted by Gasteiger charge is 2.20. The molecule has 2 N–H and O–H groups in total. The minimum atomic E-state index is -0.394. The fourth-order valence-corrected chi connectivity index (χ4v) is 3.29. The molecule has 23 heavy (non-hydrogen) atoms. The summed E-state index contributed by atoms with van der Waals surface area (Å²) in [6, 6.07) is 6.63. The molecule has 7 heteroatoms. The summed E-state index contributed by atoms with van der Waals surface area (Å²) < 4.78 is 5.99.